The van der Waals surface area contributed by atoms with E-state index in [0.717, 1.165) is 0 Å². The van der Waals surface area contributed by atoms with Gasteiger partial charge in [-0.1, -0.05) is 12.1 Å². The molecule has 1 fully saturated rings. The van der Waals surface area contributed by atoms with Gasteiger partial charge in [0.25, 0.3) is 0 Å². The zero-order valence-corrected chi connectivity index (χ0v) is 11.8. The van der Waals surface area contributed by atoms with Gasteiger partial charge in [0.15, 0.2) is 0 Å². The van der Waals surface area contributed by atoms with E-state index >= 15 is 0 Å². The van der Waals surface area contributed by atoms with Gasteiger partial charge >= 0.3 is 5.97 Å². The Bertz CT molecular complexity index is 592. The van der Waals surface area contributed by atoms with Crippen molar-refractivity contribution in [3.63, 3.8) is 0 Å². The number of hydrogen-bond donors (Lipinski definition) is 3. The number of nitrogens with two attached hydrogens (primary N) is 1. The Hall–Kier alpha value is -1.60. The monoisotopic (exact) mass is 298 g/mol. The van der Waals surface area contributed by atoms with Crippen LogP contribution in [0.15, 0.2) is 29.2 Å². The van der Waals surface area contributed by atoms with Crippen LogP contribution in [0.5, 0.6) is 0 Å². The van der Waals surface area contributed by atoms with Crippen LogP contribution in [0, 0.1) is 5.92 Å². The molecule has 110 valence electrons. The van der Waals surface area contributed by atoms with Crippen LogP contribution in [-0.4, -0.2) is 25.5 Å². The average Bonchev–Trinajstić information content (AvgIpc) is 2.38. The summed E-state index contributed by atoms with van der Waals surface area (Å²) in [6, 6.07) is 6.56. The van der Waals surface area contributed by atoms with E-state index < -0.39 is 16.0 Å². The summed E-state index contributed by atoms with van der Waals surface area (Å²) in [5.74, 6) is -1.05. The molecule has 6 nitrogen and oxygen atoms in total. The van der Waals surface area contributed by atoms with Gasteiger partial charge < -0.3 is 10.4 Å². The van der Waals surface area contributed by atoms with Crippen molar-refractivity contribution in [2.24, 2.45) is 11.1 Å². The topological polar surface area (TPSA) is 109 Å². The largest absolute Gasteiger partial charge is 0.481 e. The van der Waals surface area contributed by atoms with Gasteiger partial charge in [-0.2, -0.15) is 0 Å². The lowest BCUT2D eigenvalue weighted by Gasteiger charge is -2.28. The van der Waals surface area contributed by atoms with E-state index in [4.69, 9.17) is 10.2 Å². The second kappa shape index (κ2) is 5.80. The van der Waals surface area contributed by atoms with Crippen molar-refractivity contribution >= 4 is 21.7 Å². The van der Waals surface area contributed by atoms with E-state index in [1.165, 1.54) is 6.07 Å². The minimum Gasteiger partial charge on any atom is -0.481 e. The number of rotatable bonds is 4. The van der Waals surface area contributed by atoms with E-state index in [1.54, 1.807) is 18.2 Å². The van der Waals surface area contributed by atoms with Crippen LogP contribution in [0.2, 0.25) is 0 Å². The van der Waals surface area contributed by atoms with Gasteiger partial charge in [0.1, 0.15) is 4.90 Å². The van der Waals surface area contributed by atoms with Crippen LogP contribution in [0.4, 0.5) is 5.69 Å². The normalized spacial score (nSPS) is 23.2. The number of nitrogens with one attached hydrogen (secondary N) is 1. The molecular formula is C13H18N2O4S. The highest BCUT2D eigenvalue weighted by Crippen LogP contribution is 2.28. The highest BCUT2D eigenvalue weighted by Gasteiger charge is 2.26. The first-order valence-corrected chi connectivity index (χ1v) is 8.03. The molecule has 2 rings (SSSR count). The van der Waals surface area contributed by atoms with Gasteiger partial charge in [0, 0.05) is 6.04 Å². The number of para-hydroxylation sites is 1. The molecule has 1 aliphatic rings. The molecule has 20 heavy (non-hydrogen) atoms. The Morgan fingerprint density at radius 2 is 1.80 bits per heavy atom. The summed E-state index contributed by atoms with van der Waals surface area (Å²) in [6.07, 6.45) is 2.61. The summed E-state index contributed by atoms with van der Waals surface area (Å²) >= 11 is 0. The van der Waals surface area contributed by atoms with Crippen LogP contribution >= 0.6 is 0 Å². The Morgan fingerprint density at radius 3 is 2.35 bits per heavy atom. The Balaban J connectivity index is 2.07. The molecule has 0 aromatic heterocycles. The van der Waals surface area contributed by atoms with E-state index in [2.05, 4.69) is 5.32 Å². The van der Waals surface area contributed by atoms with Crippen LogP contribution in [0.25, 0.3) is 0 Å². The summed E-state index contributed by atoms with van der Waals surface area (Å²) in [7, 11) is -3.77. The number of carboxylic acids is 1. The predicted molar refractivity (Wildman–Crippen MR) is 74.8 cm³/mol. The number of sulfonamides is 1. The Morgan fingerprint density at radius 1 is 1.20 bits per heavy atom. The zero-order valence-electron chi connectivity index (χ0n) is 11.0. The van der Waals surface area contributed by atoms with Crippen LogP contribution in [-0.2, 0) is 14.8 Å². The van der Waals surface area contributed by atoms with E-state index in [-0.39, 0.29) is 16.9 Å². The molecule has 0 unspecified atom stereocenters. The molecule has 0 aliphatic heterocycles. The van der Waals surface area contributed by atoms with Gasteiger partial charge in [-0.3, -0.25) is 4.79 Å². The van der Waals surface area contributed by atoms with Gasteiger partial charge in [-0.05, 0) is 37.8 Å². The highest BCUT2D eigenvalue weighted by atomic mass is 32.2. The van der Waals surface area contributed by atoms with Crippen molar-refractivity contribution in [3.05, 3.63) is 24.3 Å². The molecule has 0 heterocycles. The number of carbonyl (C=O) groups is 1. The first kappa shape index (κ1) is 14.8. The Kier molecular flexibility index (Phi) is 4.29. The molecule has 1 aromatic carbocycles. The molecule has 0 spiro atoms. The van der Waals surface area contributed by atoms with Crippen molar-refractivity contribution < 1.29 is 18.3 Å². The standard InChI is InChI=1S/C13H18N2O4S/c14-20(18,19)12-4-2-1-3-11(12)15-10-7-5-9(6-8-10)13(16)17/h1-4,9-10,15H,5-8H2,(H,16,17)(H2,14,18,19). The number of anilines is 1. The maximum absolute atomic E-state index is 11.5. The quantitative estimate of drug-likeness (QED) is 0.778. The summed E-state index contributed by atoms with van der Waals surface area (Å²) in [4.78, 5) is 11.0. The minimum absolute atomic E-state index is 0.0698. The molecule has 4 N–H and O–H groups in total. The molecule has 0 saturated heterocycles. The fourth-order valence-electron chi connectivity index (χ4n) is 2.54. The highest BCUT2D eigenvalue weighted by molar-refractivity contribution is 7.89. The van der Waals surface area contributed by atoms with Gasteiger partial charge in [0.2, 0.25) is 10.0 Å². The smallest absolute Gasteiger partial charge is 0.306 e. The van der Waals surface area contributed by atoms with Crippen molar-refractivity contribution in [2.45, 2.75) is 36.6 Å². The molecule has 7 heteroatoms. The molecule has 0 atom stereocenters. The maximum Gasteiger partial charge on any atom is 0.306 e. The molecule has 1 aromatic rings. The first-order valence-electron chi connectivity index (χ1n) is 6.49. The lowest BCUT2D eigenvalue weighted by Crippen LogP contribution is -2.30. The summed E-state index contributed by atoms with van der Waals surface area (Å²) < 4.78 is 23.0. The second-order valence-corrected chi connectivity index (χ2v) is 6.60. The molecule has 0 bridgehead atoms. The summed E-state index contributed by atoms with van der Waals surface area (Å²) in [5.41, 5.74) is 0.480. The van der Waals surface area contributed by atoms with E-state index in [0.29, 0.717) is 31.4 Å². The predicted octanol–water partition coefficient (Wildman–Crippen LogP) is 1.39. The minimum atomic E-state index is -3.77. The molecule has 0 amide bonds. The SMILES string of the molecule is NS(=O)(=O)c1ccccc1NC1CCC(C(=O)O)CC1. The number of benzene rings is 1. The maximum atomic E-state index is 11.5. The number of carboxylic acid groups (broad SMARTS) is 1. The molecule has 1 aliphatic carbocycles. The average molecular weight is 298 g/mol. The van der Waals surface area contributed by atoms with E-state index in [9.17, 15) is 13.2 Å². The van der Waals surface area contributed by atoms with Gasteiger partial charge in [-0.15, -0.1) is 0 Å². The first-order chi connectivity index (χ1) is 9.38. The molecular weight excluding hydrogens is 280 g/mol. The fourth-order valence-corrected chi connectivity index (χ4v) is 3.24. The fraction of sp³-hybridized carbons (Fsp3) is 0.462. The van der Waals surface area contributed by atoms with Crippen molar-refractivity contribution in [1.82, 2.24) is 0 Å². The van der Waals surface area contributed by atoms with Crippen LogP contribution < -0.4 is 10.5 Å². The number of aliphatic carboxylic acids is 1. The summed E-state index contributed by atoms with van der Waals surface area (Å²) in [5, 5.41) is 17.3. The third-order valence-electron chi connectivity index (χ3n) is 3.63. The van der Waals surface area contributed by atoms with Crippen LogP contribution in [0.1, 0.15) is 25.7 Å². The third kappa shape index (κ3) is 3.49. The molecule has 0 radical (unpaired) electrons. The van der Waals surface area contributed by atoms with Crippen molar-refractivity contribution in [3.8, 4) is 0 Å². The lowest BCUT2D eigenvalue weighted by molar-refractivity contribution is -0.142. The van der Waals surface area contributed by atoms with Crippen molar-refractivity contribution in [2.75, 3.05) is 5.32 Å². The van der Waals surface area contributed by atoms with Gasteiger partial charge in [0.05, 0.1) is 11.6 Å². The van der Waals surface area contributed by atoms with Gasteiger partial charge in [-0.25, -0.2) is 13.6 Å². The second-order valence-electron chi connectivity index (χ2n) is 5.07. The summed E-state index contributed by atoms with van der Waals surface area (Å²) in [6.45, 7) is 0. The van der Waals surface area contributed by atoms with Crippen molar-refractivity contribution in [1.29, 1.82) is 0 Å². The zero-order chi connectivity index (χ0) is 14.8. The number of primary sulfonamides is 1. The Labute approximate surface area is 118 Å². The lowest BCUT2D eigenvalue weighted by atomic mass is 9.86. The third-order valence-corrected chi connectivity index (χ3v) is 4.60. The van der Waals surface area contributed by atoms with Crippen LogP contribution in [0.3, 0.4) is 0 Å². The molecule has 1 saturated carbocycles. The number of hydrogen-bond acceptors (Lipinski definition) is 4. The van der Waals surface area contributed by atoms with E-state index in [1.807, 2.05) is 0 Å².